The van der Waals surface area contributed by atoms with Crippen LogP contribution in [0.3, 0.4) is 0 Å². The van der Waals surface area contributed by atoms with Crippen molar-refractivity contribution in [3.8, 4) is 5.75 Å². The van der Waals surface area contributed by atoms with E-state index in [1.54, 1.807) is 30.4 Å². The number of halogens is 1. The quantitative estimate of drug-likeness (QED) is 0.452. The molecule has 0 fully saturated rings. The Morgan fingerprint density at radius 2 is 2.33 bits per heavy atom. The van der Waals surface area contributed by atoms with E-state index in [1.807, 2.05) is 0 Å². The number of nitro benzene ring substituents is 1. The summed E-state index contributed by atoms with van der Waals surface area (Å²) in [6, 6.07) is 4.89. The van der Waals surface area contributed by atoms with Crippen molar-refractivity contribution in [2.75, 3.05) is 13.0 Å². The maximum absolute atomic E-state index is 10.8. The molecular formula is C10H10ClNO3. The first kappa shape index (κ1) is 11.5. The summed E-state index contributed by atoms with van der Waals surface area (Å²) in [6.45, 7) is 0. The molecule has 0 bridgehead atoms. The van der Waals surface area contributed by atoms with Crippen molar-refractivity contribution in [3.63, 3.8) is 0 Å². The Bertz CT molecular complexity index is 390. The molecule has 15 heavy (non-hydrogen) atoms. The zero-order valence-corrected chi connectivity index (χ0v) is 8.90. The average Bonchev–Trinajstić information content (AvgIpc) is 2.25. The minimum absolute atomic E-state index is 0.0404. The third-order valence-electron chi connectivity index (χ3n) is 1.82. The lowest BCUT2D eigenvalue weighted by molar-refractivity contribution is -0.386. The second kappa shape index (κ2) is 5.36. The van der Waals surface area contributed by atoms with Crippen LogP contribution in [0, 0.1) is 10.1 Å². The number of para-hydroxylation sites is 1. The predicted molar refractivity (Wildman–Crippen MR) is 59.4 cm³/mol. The van der Waals surface area contributed by atoms with Crippen molar-refractivity contribution in [2.45, 2.75) is 0 Å². The molecule has 0 aromatic heterocycles. The van der Waals surface area contributed by atoms with Crippen LogP contribution in [0.5, 0.6) is 5.75 Å². The van der Waals surface area contributed by atoms with Gasteiger partial charge in [0, 0.05) is 5.88 Å². The highest BCUT2D eigenvalue weighted by atomic mass is 35.5. The van der Waals surface area contributed by atoms with Crippen molar-refractivity contribution >= 4 is 23.4 Å². The van der Waals surface area contributed by atoms with E-state index in [0.29, 0.717) is 11.4 Å². The molecule has 0 N–H and O–H groups in total. The Morgan fingerprint density at radius 3 is 2.87 bits per heavy atom. The van der Waals surface area contributed by atoms with Crippen LogP contribution < -0.4 is 4.74 Å². The summed E-state index contributed by atoms with van der Waals surface area (Å²) in [5, 5.41) is 10.8. The van der Waals surface area contributed by atoms with Crippen molar-refractivity contribution < 1.29 is 9.66 Å². The minimum Gasteiger partial charge on any atom is -0.490 e. The van der Waals surface area contributed by atoms with Gasteiger partial charge in [-0.25, -0.2) is 0 Å². The van der Waals surface area contributed by atoms with Gasteiger partial charge in [-0.3, -0.25) is 10.1 Å². The van der Waals surface area contributed by atoms with Gasteiger partial charge >= 0.3 is 5.69 Å². The normalized spacial score (nSPS) is 10.5. The van der Waals surface area contributed by atoms with Gasteiger partial charge in [0.1, 0.15) is 0 Å². The molecule has 0 spiro atoms. The van der Waals surface area contributed by atoms with Crippen LogP contribution in [-0.2, 0) is 0 Å². The molecule has 4 nitrogen and oxygen atoms in total. The second-order valence-corrected chi connectivity index (χ2v) is 3.02. The number of allylic oxidation sites excluding steroid dienone is 1. The highest BCUT2D eigenvalue weighted by Crippen LogP contribution is 2.31. The van der Waals surface area contributed by atoms with Gasteiger partial charge in [0.25, 0.3) is 0 Å². The van der Waals surface area contributed by atoms with E-state index in [2.05, 4.69) is 0 Å². The van der Waals surface area contributed by atoms with E-state index in [4.69, 9.17) is 16.3 Å². The van der Waals surface area contributed by atoms with Crippen LogP contribution in [0.1, 0.15) is 5.56 Å². The molecule has 80 valence electrons. The fraction of sp³-hybridized carbons (Fsp3) is 0.200. The first-order chi connectivity index (χ1) is 7.20. The molecule has 1 aromatic rings. The Morgan fingerprint density at radius 1 is 1.60 bits per heavy atom. The molecule has 0 amide bonds. The van der Waals surface area contributed by atoms with E-state index < -0.39 is 4.92 Å². The first-order valence-corrected chi connectivity index (χ1v) is 4.78. The van der Waals surface area contributed by atoms with Crippen molar-refractivity contribution in [1.82, 2.24) is 0 Å². The lowest BCUT2D eigenvalue weighted by Crippen LogP contribution is -1.96. The molecule has 0 atom stereocenters. The average molecular weight is 228 g/mol. The number of benzene rings is 1. The summed E-state index contributed by atoms with van der Waals surface area (Å²) in [6.07, 6.45) is 3.25. The first-order valence-electron chi connectivity index (χ1n) is 4.24. The monoisotopic (exact) mass is 227 g/mol. The van der Waals surface area contributed by atoms with Crippen LogP contribution in [0.4, 0.5) is 5.69 Å². The summed E-state index contributed by atoms with van der Waals surface area (Å²) in [4.78, 5) is 10.4. The molecule has 0 saturated carbocycles. The SMILES string of the molecule is COc1cccc(C=CCCl)c1[N+](=O)[O-]. The third kappa shape index (κ3) is 2.70. The van der Waals surface area contributed by atoms with Gasteiger partial charge < -0.3 is 4.74 Å². The van der Waals surface area contributed by atoms with E-state index in [1.165, 1.54) is 7.11 Å². The topological polar surface area (TPSA) is 52.4 Å². The van der Waals surface area contributed by atoms with Crippen molar-refractivity contribution in [1.29, 1.82) is 0 Å². The molecule has 1 aromatic carbocycles. The van der Waals surface area contributed by atoms with Crippen LogP contribution >= 0.6 is 11.6 Å². The predicted octanol–water partition coefficient (Wildman–Crippen LogP) is 2.86. The van der Waals surface area contributed by atoms with E-state index in [-0.39, 0.29) is 11.4 Å². The highest BCUT2D eigenvalue weighted by Gasteiger charge is 2.18. The number of hydrogen-bond acceptors (Lipinski definition) is 3. The van der Waals surface area contributed by atoms with Crippen molar-refractivity contribution in [2.24, 2.45) is 0 Å². The molecule has 0 aliphatic carbocycles. The number of hydrogen-bond donors (Lipinski definition) is 0. The summed E-state index contributed by atoms with van der Waals surface area (Å²) in [5.41, 5.74) is 0.446. The largest absolute Gasteiger partial charge is 0.490 e. The Balaban J connectivity index is 3.25. The van der Waals surface area contributed by atoms with E-state index in [9.17, 15) is 10.1 Å². The van der Waals surface area contributed by atoms with Gasteiger partial charge in [0.05, 0.1) is 17.6 Å². The lowest BCUT2D eigenvalue weighted by atomic mass is 10.1. The lowest BCUT2D eigenvalue weighted by Gasteiger charge is -2.03. The summed E-state index contributed by atoms with van der Waals surface area (Å²) in [7, 11) is 1.40. The third-order valence-corrected chi connectivity index (χ3v) is 2.00. The minimum atomic E-state index is -0.466. The van der Waals surface area contributed by atoms with Gasteiger partial charge in [-0.1, -0.05) is 18.2 Å². The fourth-order valence-corrected chi connectivity index (χ4v) is 1.29. The number of nitro groups is 1. The highest BCUT2D eigenvalue weighted by molar-refractivity contribution is 6.19. The Kier molecular flexibility index (Phi) is 4.12. The van der Waals surface area contributed by atoms with Crippen molar-refractivity contribution in [3.05, 3.63) is 40.0 Å². The zero-order valence-electron chi connectivity index (χ0n) is 8.14. The molecule has 0 unspecified atom stereocenters. The van der Waals surface area contributed by atoms with Crippen LogP contribution in [0.15, 0.2) is 24.3 Å². The van der Waals surface area contributed by atoms with Gasteiger partial charge in [0.2, 0.25) is 0 Å². The summed E-state index contributed by atoms with van der Waals surface area (Å²) < 4.78 is 4.92. The van der Waals surface area contributed by atoms with Gasteiger partial charge in [-0.15, -0.1) is 11.6 Å². The molecule has 0 aliphatic heterocycles. The zero-order chi connectivity index (χ0) is 11.3. The van der Waals surface area contributed by atoms with Crippen LogP contribution in [-0.4, -0.2) is 17.9 Å². The van der Waals surface area contributed by atoms with Gasteiger partial charge in [0.15, 0.2) is 5.75 Å². The molecule has 5 heteroatoms. The van der Waals surface area contributed by atoms with Crippen LogP contribution in [0.2, 0.25) is 0 Å². The fourth-order valence-electron chi connectivity index (χ4n) is 1.21. The van der Waals surface area contributed by atoms with E-state index in [0.717, 1.165) is 0 Å². The van der Waals surface area contributed by atoms with Gasteiger partial charge in [-0.05, 0) is 12.1 Å². The number of rotatable bonds is 4. The van der Waals surface area contributed by atoms with Gasteiger partial charge in [-0.2, -0.15) is 0 Å². The summed E-state index contributed by atoms with van der Waals surface area (Å²) in [5.74, 6) is 0.561. The molecule has 1 rings (SSSR count). The number of methoxy groups -OCH3 is 1. The molecule has 0 radical (unpaired) electrons. The maximum atomic E-state index is 10.8. The Labute approximate surface area is 92.3 Å². The maximum Gasteiger partial charge on any atom is 0.318 e. The Hall–Kier alpha value is -1.55. The molecule has 0 saturated heterocycles. The smallest absolute Gasteiger partial charge is 0.318 e. The molecule has 0 aliphatic rings. The van der Waals surface area contributed by atoms with Crippen LogP contribution in [0.25, 0.3) is 6.08 Å². The number of ether oxygens (including phenoxy) is 1. The second-order valence-electron chi connectivity index (χ2n) is 2.71. The number of alkyl halides is 1. The van der Waals surface area contributed by atoms with E-state index >= 15 is 0 Å². The summed E-state index contributed by atoms with van der Waals surface area (Å²) >= 11 is 5.47. The molecular weight excluding hydrogens is 218 g/mol. The standard InChI is InChI=1S/C10H10ClNO3/c1-15-9-6-2-4-8(5-3-7-11)10(9)12(13)14/h2-6H,7H2,1H3. The molecule has 0 heterocycles. The number of nitrogens with zero attached hydrogens (tertiary/aromatic N) is 1.